The van der Waals surface area contributed by atoms with Gasteiger partial charge in [0.05, 0.1) is 6.61 Å². The summed E-state index contributed by atoms with van der Waals surface area (Å²) in [6.45, 7) is 3.66. The lowest BCUT2D eigenvalue weighted by molar-refractivity contribution is -0.137. The van der Waals surface area contributed by atoms with Crippen LogP contribution in [0, 0.1) is 0 Å². The standard InChI is InChI=1S/C11H17NO3/c1-2-15-11(14)7-6-10(13)12-8-4-3-5-9-12/h6-7H,2-5,8-9H2,1H3/b7-6+. The summed E-state index contributed by atoms with van der Waals surface area (Å²) in [4.78, 5) is 24.3. The lowest BCUT2D eigenvalue weighted by Crippen LogP contribution is -2.34. The van der Waals surface area contributed by atoms with Gasteiger partial charge in [-0.05, 0) is 26.2 Å². The third-order valence-electron chi connectivity index (χ3n) is 2.32. The molecule has 0 aliphatic carbocycles. The Morgan fingerprint density at radius 2 is 1.87 bits per heavy atom. The molecule has 0 N–H and O–H groups in total. The van der Waals surface area contributed by atoms with E-state index >= 15 is 0 Å². The first-order valence-electron chi connectivity index (χ1n) is 5.37. The molecule has 0 radical (unpaired) electrons. The highest BCUT2D eigenvalue weighted by molar-refractivity contribution is 5.94. The number of amides is 1. The van der Waals surface area contributed by atoms with Crippen LogP contribution in [0.3, 0.4) is 0 Å². The van der Waals surface area contributed by atoms with Crippen molar-refractivity contribution in [3.63, 3.8) is 0 Å². The number of carbonyl (C=O) groups excluding carboxylic acids is 2. The lowest BCUT2D eigenvalue weighted by Gasteiger charge is -2.25. The maximum atomic E-state index is 11.5. The Hall–Kier alpha value is -1.32. The molecular weight excluding hydrogens is 194 g/mol. The van der Waals surface area contributed by atoms with Crippen molar-refractivity contribution < 1.29 is 14.3 Å². The second kappa shape index (κ2) is 6.22. The van der Waals surface area contributed by atoms with Crippen molar-refractivity contribution in [1.29, 1.82) is 0 Å². The molecule has 4 nitrogen and oxygen atoms in total. The summed E-state index contributed by atoms with van der Waals surface area (Å²) in [6.07, 6.45) is 5.78. The number of likely N-dealkylation sites (tertiary alicyclic amines) is 1. The smallest absolute Gasteiger partial charge is 0.330 e. The third kappa shape index (κ3) is 4.14. The van der Waals surface area contributed by atoms with Crippen LogP contribution < -0.4 is 0 Å². The minimum Gasteiger partial charge on any atom is -0.463 e. The summed E-state index contributed by atoms with van der Waals surface area (Å²) < 4.78 is 4.68. The molecule has 1 fully saturated rings. The Balaban J connectivity index is 2.36. The Morgan fingerprint density at radius 3 is 2.47 bits per heavy atom. The molecule has 1 amide bonds. The summed E-state index contributed by atoms with van der Waals surface area (Å²) >= 11 is 0. The molecule has 0 atom stereocenters. The Morgan fingerprint density at radius 1 is 1.20 bits per heavy atom. The zero-order valence-electron chi connectivity index (χ0n) is 9.07. The fourth-order valence-electron chi connectivity index (χ4n) is 1.55. The van der Waals surface area contributed by atoms with Gasteiger partial charge in [-0.15, -0.1) is 0 Å². The molecule has 0 unspecified atom stereocenters. The van der Waals surface area contributed by atoms with E-state index in [1.807, 2.05) is 0 Å². The molecule has 1 aliphatic heterocycles. The Labute approximate surface area is 89.9 Å². The molecule has 0 aromatic carbocycles. The third-order valence-corrected chi connectivity index (χ3v) is 2.32. The van der Waals surface area contributed by atoms with Crippen molar-refractivity contribution in [2.24, 2.45) is 0 Å². The maximum Gasteiger partial charge on any atom is 0.330 e. The van der Waals surface area contributed by atoms with Crippen LogP contribution in [-0.2, 0) is 14.3 Å². The van der Waals surface area contributed by atoms with E-state index in [9.17, 15) is 9.59 Å². The number of rotatable bonds is 3. The average molecular weight is 211 g/mol. The molecule has 1 heterocycles. The van der Waals surface area contributed by atoms with Gasteiger partial charge < -0.3 is 9.64 Å². The number of hydrogen-bond donors (Lipinski definition) is 0. The van der Waals surface area contributed by atoms with Crippen LogP contribution in [0.2, 0.25) is 0 Å². The number of hydrogen-bond acceptors (Lipinski definition) is 3. The fourth-order valence-corrected chi connectivity index (χ4v) is 1.55. The highest BCUT2D eigenvalue weighted by Gasteiger charge is 2.13. The molecule has 1 rings (SSSR count). The van der Waals surface area contributed by atoms with Crippen LogP contribution in [0.4, 0.5) is 0 Å². The highest BCUT2D eigenvalue weighted by atomic mass is 16.5. The van der Waals surface area contributed by atoms with Gasteiger partial charge in [-0.2, -0.15) is 0 Å². The normalized spacial score (nSPS) is 16.7. The predicted octanol–water partition coefficient (Wildman–Crippen LogP) is 1.12. The van der Waals surface area contributed by atoms with Gasteiger partial charge in [-0.25, -0.2) is 4.79 Å². The quantitative estimate of drug-likeness (QED) is 0.519. The summed E-state index contributed by atoms with van der Waals surface area (Å²) in [5.74, 6) is -0.550. The molecule has 0 aromatic rings. The molecule has 84 valence electrons. The van der Waals surface area contributed by atoms with Gasteiger partial charge in [-0.3, -0.25) is 4.79 Å². The van der Waals surface area contributed by atoms with Crippen molar-refractivity contribution in [1.82, 2.24) is 4.90 Å². The van der Waals surface area contributed by atoms with Crippen molar-refractivity contribution in [3.8, 4) is 0 Å². The molecule has 0 spiro atoms. The first kappa shape index (κ1) is 11.8. The minimum absolute atomic E-state index is 0.0947. The van der Waals surface area contributed by atoms with Gasteiger partial charge >= 0.3 is 5.97 Å². The van der Waals surface area contributed by atoms with Crippen LogP contribution in [0.1, 0.15) is 26.2 Å². The predicted molar refractivity (Wildman–Crippen MR) is 56.2 cm³/mol. The maximum absolute atomic E-state index is 11.5. The molecule has 4 heteroatoms. The second-order valence-electron chi connectivity index (χ2n) is 3.47. The monoisotopic (exact) mass is 211 g/mol. The molecule has 0 aromatic heterocycles. The number of piperidine rings is 1. The van der Waals surface area contributed by atoms with Gasteiger partial charge in [0.1, 0.15) is 0 Å². The summed E-state index contributed by atoms with van der Waals surface area (Å²) in [7, 11) is 0. The van der Waals surface area contributed by atoms with E-state index in [1.54, 1.807) is 11.8 Å². The zero-order valence-corrected chi connectivity index (χ0v) is 9.07. The van der Waals surface area contributed by atoms with E-state index in [-0.39, 0.29) is 5.91 Å². The van der Waals surface area contributed by atoms with Crippen molar-refractivity contribution in [2.45, 2.75) is 26.2 Å². The molecule has 15 heavy (non-hydrogen) atoms. The zero-order chi connectivity index (χ0) is 11.1. The highest BCUT2D eigenvalue weighted by Crippen LogP contribution is 2.08. The van der Waals surface area contributed by atoms with Crippen molar-refractivity contribution in [3.05, 3.63) is 12.2 Å². The fraction of sp³-hybridized carbons (Fsp3) is 0.636. The number of ether oxygens (including phenoxy) is 1. The van der Waals surface area contributed by atoms with E-state index in [1.165, 1.54) is 18.6 Å². The van der Waals surface area contributed by atoms with Crippen LogP contribution >= 0.6 is 0 Å². The topological polar surface area (TPSA) is 46.6 Å². The largest absolute Gasteiger partial charge is 0.463 e. The summed E-state index contributed by atoms with van der Waals surface area (Å²) in [5.41, 5.74) is 0. The van der Waals surface area contributed by atoms with E-state index in [0.717, 1.165) is 25.9 Å². The van der Waals surface area contributed by atoms with E-state index in [4.69, 9.17) is 0 Å². The Bertz CT molecular complexity index is 255. The van der Waals surface area contributed by atoms with Gasteiger partial charge in [0, 0.05) is 25.2 Å². The number of nitrogens with zero attached hydrogens (tertiary/aromatic N) is 1. The van der Waals surface area contributed by atoms with Gasteiger partial charge in [0.2, 0.25) is 5.91 Å². The Kier molecular flexibility index (Phi) is 4.87. The van der Waals surface area contributed by atoms with E-state index in [2.05, 4.69) is 4.74 Å². The van der Waals surface area contributed by atoms with Crippen molar-refractivity contribution in [2.75, 3.05) is 19.7 Å². The summed E-state index contributed by atoms with van der Waals surface area (Å²) in [5, 5.41) is 0. The lowest BCUT2D eigenvalue weighted by atomic mass is 10.1. The molecule has 0 saturated carbocycles. The number of carbonyl (C=O) groups is 2. The molecular formula is C11H17NO3. The van der Waals surface area contributed by atoms with Crippen LogP contribution in [0.5, 0.6) is 0 Å². The van der Waals surface area contributed by atoms with Crippen LogP contribution in [-0.4, -0.2) is 36.5 Å². The van der Waals surface area contributed by atoms with Crippen LogP contribution in [0.15, 0.2) is 12.2 Å². The first-order valence-corrected chi connectivity index (χ1v) is 5.37. The summed E-state index contributed by atoms with van der Waals surface area (Å²) in [6, 6.07) is 0. The van der Waals surface area contributed by atoms with Gasteiger partial charge in [-0.1, -0.05) is 0 Å². The van der Waals surface area contributed by atoms with Gasteiger partial charge in [0.25, 0.3) is 0 Å². The average Bonchev–Trinajstić information content (AvgIpc) is 2.27. The van der Waals surface area contributed by atoms with Gasteiger partial charge in [0.15, 0.2) is 0 Å². The number of esters is 1. The molecule has 0 bridgehead atoms. The van der Waals surface area contributed by atoms with E-state index < -0.39 is 5.97 Å². The minimum atomic E-state index is -0.456. The second-order valence-corrected chi connectivity index (χ2v) is 3.47. The van der Waals surface area contributed by atoms with E-state index in [0.29, 0.717) is 6.61 Å². The first-order chi connectivity index (χ1) is 7.24. The SMILES string of the molecule is CCOC(=O)/C=C/C(=O)N1CCCCC1. The van der Waals surface area contributed by atoms with Crippen LogP contribution in [0.25, 0.3) is 0 Å². The molecule has 1 saturated heterocycles. The molecule has 1 aliphatic rings. The van der Waals surface area contributed by atoms with Crippen molar-refractivity contribution >= 4 is 11.9 Å².